The van der Waals surface area contributed by atoms with Gasteiger partial charge in [-0.05, 0) is 31.6 Å². The SMILES string of the molecule is Cc1ncc(CC2(CCl)CCC2)s1. The van der Waals surface area contributed by atoms with Crippen LogP contribution < -0.4 is 0 Å². The summed E-state index contributed by atoms with van der Waals surface area (Å²) in [6.07, 6.45) is 7.10. The second kappa shape index (κ2) is 3.58. The molecule has 0 amide bonds. The fraction of sp³-hybridized carbons (Fsp3) is 0.700. The second-order valence-electron chi connectivity index (χ2n) is 4.01. The van der Waals surface area contributed by atoms with E-state index in [0.29, 0.717) is 5.41 Å². The second-order valence-corrected chi connectivity index (χ2v) is 5.60. The highest BCUT2D eigenvalue weighted by molar-refractivity contribution is 7.11. The molecule has 1 aliphatic carbocycles. The summed E-state index contributed by atoms with van der Waals surface area (Å²) in [4.78, 5) is 5.67. The first-order valence-corrected chi connectivity index (χ1v) is 6.06. The van der Waals surface area contributed by atoms with Gasteiger partial charge in [0.25, 0.3) is 0 Å². The lowest BCUT2D eigenvalue weighted by Gasteiger charge is -2.40. The van der Waals surface area contributed by atoms with Crippen LogP contribution in [0.1, 0.15) is 29.1 Å². The van der Waals surface area contributed by atoms with Crippen molar-refractivity contribution in [2.75, 3.05) is 5.88 Å². The summed E-state index contributed by atoms with van der Waals surface area (Å²) >= 11 is 7.81. The molecular formula is C10H14ClNS. The first kappa shape index (κ1) is 9.47. The smallest absolute Gasteiger partial charge is 0.0896 e. The molecule has 3 heteroatoms. The van der Waals surface area contributed by atoms with Gasteiger partial charge in [-0.3, -0.25) is 0 Å². The van der Waals surface area contributed by atoms with E-state index in [-0.39, 0.29) is 0 Å². The minimum Gasteiger partial charge on any atom is -0.250 e. The van der Waals surface area contributed by atoms with E-state index >= 15 is 0 Å². The molecule has 0 spiro atoms. The van der Waals surface area contributed by atoms with Gasteiger partial charge in [0.15, 0.2) is 0 Å². The van der Waals surface area contributed by atoms with E-state index in [9.17, 15) is 0 Å². The molecular weight excluding hydrogens is 202 g/mol. The summed E-state index contributed by atoms with van der Waals surface area (Å²) in [6.45, 7) is 2.06. The number of halogens is 1. The molecule has 0 saturated heterocycles. The van der Waals surface area contributed by atoms with Gasteiger partial charge >= 0.3 is 0 Å². The van der Waals surface area contributed by atoms with Gasteiger partial charge in [0.2, 0.25) is 0 Å². The number of hydrogen-bond donors (Lipinski definition) is 0. The van der Waals surface area contributed by atoms with Crippen molar-refractivity contribution in [3.63, 3.8) is 0 Å². The van der Waals surface area contributed by atoms with Crippen molar-refractivity contribution in [2.45, 2.75) is 32.6 Å². The molecule has 13 heavy (non-hydrogen) atoms. The molecule has 0 atom stereocenters. The average Bonchev–Trinajstić information content (AvgIpc) is 2.44. The van der Waals surface area contributed by atoms with Gasteiger partial charge in [-0.25, -0.2) is 4.98 Å². The summed E-state index contributed by atoms with van der Waals surface area (Å²) in [5.41, 5.74) is 0.417. The standard InChI is InChI=1S/C10H14ClNS/c1-8-12-6-9(13-8)5-10(7-11)3-2-4-10/h6H,2-5,7H2,1H3. The third-order valence-corrected chi connectivity index (χ3v) is 4.40. The molecule has 0 aromatic carbocycles. The zero-order valence-corrected chi connectivity index (χ0v) is 9.42. The van der Waals surface area contributed by atoms with Crippen molar-refractivity contribution in [3.05, 3.63) is 16.1 Å². The highest BCUT2D eigenvalue weighted by atomic mass is 35.5. The maximum atomic E-state index is 6.00. The lowest BCUT2D eigenvalue weighted by molar-refractivity contribution is 0.167. The summed E-state index contributed by atoms with van der Waals surface area (Å²) in [7, 11) is 0. The first-order chi connectivity index (χ1) is 6.24. The van der Waals surface area contributed by atoms with Gasteiger partial charge in [-0.2, -0.15) is 0 Å². The molecule has 1 heterocycles. The highest BCUT2D eigenvalue weighted by Gasteiger charge is 2.36. The monoisotopic (exact) mass is 215 g/mol. The van der Waals surface area contributed by atoms with Crippen LogP contribution in [0.25, 0.3) is 0 Å². The largest absolute Gasteiger partial charge is 0.250 e. The Bertz CT molecular complexity index is 285. The molecule has 0 unspecified atom stereocenters. The third kappa shape index (κ3) is 1.89. The van der Waals surface area contributed by atoms with Gasteiger partial charge in [0.05, 0.1) is 5.01 Å². The highest BCUT2D eigenvalue weighted by Crippen LogP contribution is 2.45. The number of alkyl halides is 1. The van der Waals surface area contributed by atoms with Crippen LogP contribution in [0.3, 0.4) is 0 Å². The Balaban J connectivity index is 2.04. The lowest BCUT2D eigenvalue weighted by atomic mass is 9.68. The van der Waals surface area contributed by atoms with E-state index in [2.05, 4.69) is 11.9 Å². The van der Waals surface area contributed by atoms with Crippen molar-refractivity contribution >= 4 is 22.9 Å². The predicted octanol–water partition coefficient (Wildman–Crippen LogP) is 3.40. The average molecular weight is 216 g/mol. The van der Waals surface area contributed by atoms with E-state index in [4.69, 9.17) is 11.6 Å². The van der Waals surface area contributed by atoms with Crippen molar-refractivity contribution in [1.29, 1.82) is 0 Å². The third-order valence-electron chi connectivity index (χ3n) is 2.92. The van der Waals surface area contributed by atoms with Crippen LogP contribution in [0.2, 0.25) is 0 Å². The number of nitrogens with zero attached hydrogens (tertiary/aromatic N) is 1. The minimum atomic E-state index is 0.417. The van der Waals surface area contributed by atoms with Crippen LogP contribution in [0.15, 0.2) is 6.20 Å². The summed E-state index contributed by atoms with van der Waals surface area (Å²) in [6, 6.07) is 0. The van der Waals surface area contributed by atoms with Crippen molar-refractivity contribution < 1.29 is 0 Å². The zero-order chi connectivity index (χ0) is 9.31. The van der Waals surface area contributed by atoms with Crippen LogP contribution in [-0.4, -0.2) is 10.9 Å². The number of hydrogen-bond acceptors (Lipinski definition) is 2. The van der Waals surface area contributed by atoms with E-state index in [1.165, 1.54) is 29.1 Å². The summed E-state index contributed by atoms with van der Waals surface area (Å²) in [5.74, 6) is 0.809. The van der Waals surface area contributed by atoms with Gasteiger partial charge in [0.1, 0.15) is 0 Å². The maximum absolute atomic E-state index is 6.00. The van der Waals surface area contributed by atoms with E-state index in [1.807, 2.05) is 17.5 Å². The number of thiazole rings is 1. The van der Waals surface area contributed by atoms with E-state index < -0.39 is 0 Å². The Kier molecular flexibility index (Phi) is 2.61. The Hall–Kier alpha value is -0.0800. The molecule has 72 valence electrons. The topological polar surface area (TPSA) is 12.9 Å². The first-order valence-electron chi connectivity index (χ1n) is 4.71. The Morgan fingerprint density at radius 2 is 2.38 bits per heavy atom. The minimum absolute atomic E-state index is 0.417. The van der Waals surface area contributed by atoms with Crippen LogP contribution in [-0.2, 0) is 6.42 Å². The molecule has 2 rings (SSSR count). The van der Waals surface area contributed by atoms with E-state index in [0.717, 1.165) is 12.3 Å². The molecule has 1 aromatic heterocycles. The number of aromatic nitrogens is 1. The summed E-state index contributed by atoms with van der Waals surface area (Å²) < 4.78 is 0. The molecule has 0 radical (unpaired) electrons. The molecule has 0 N–H and O–H groups in total. The van der Waals surface area contributed by atoms with Gasteiger partial charge < -0.3 is 0 Å². The van der Waals surface area contributed by atoms with Crippen molar-refractivity contribution in [3.8, 4) is 0 Å². The normalized spacial score (nSPS) is 19.8. The zero-order valence-electron chi connectivity index (χ0n) is 7.85. The number of aryl methyl sites for hydroxylation is 1. The Morgan fingerprint density at radius 3 is 2.77 bits per heavy atom. The Labute approximate surface area is 88.1 Å². The molecule has 1 saturated carbocycles. The van der Waals surface area contributed by atoms with E-state index in [1.54, 1.807) is 0 Å². The maximum Gasteiger partial charge on any atom is 0.0896 e. The molecule has 1 aliphatic rings. The van der Waals surface area contributed by atoms with Gasteiger partial charge in [-0.15, -0.1) is 22.9 Å². The molecule has 1 fully saturated rings. The fourth-order valence-electron chi connectivity index (χ4n) is 1.89. The molecule has 1 aromatic rings. The number of rotatable bonds is 3. The predicted molar refractivity (Wildman–Crippen MR) is 57.6 cm³/mol. The van der Waals surface area contributed by atoms with Gasteiger partial charge in [-0.1, -0.05) is 6.42 Å². The van der Waals surface area contributed by atoms with Crippen LogP contribution in [0.5, 0.6) is 0 Å². The Morgan fingerprint density at radius 1 is 1.62 bits per heavy atom. The van der Waals surface area contributed by atoms with Crippen LogP contribution >= 0.6 is 22.9 Å². The van der Waals surface area contributed by atoms with Crippen molar-refractivity contribution in [1.82, 2.24) is 4.98 Å². The van der Waals surface area contributed by atoms with Crippen molar-refractivity contribution in [2.24, 2.45) is 5.41 Å². The molecule has 0 bridgehead atoms. The fourth-order valence-corrected chi connectivity index (χ4v) is 3.22. The summed E-state index contributed by atoms with van der Waals surface area (Å²) in [5, 5.41) is 1.17. The van der Waals surface area contributed by atoms with Crippen LogP contribution in [0, 0.1) is 12.3 Å². The lowest BCUT2D eigenvalue weighted by Crippen LogP contribution is -2.33. The quantitative estimate of drug-likeness (QED) is 0.705. The molecule has 1 nitrogen and oxygen atoms in total. The van der Waals surface area contributed by atoms with Crippen LogP contribution in [0.4, 0.5) is 0 Å². The van der Waals surface area contributed by atoms with Gasteiger partial charge in [0, 0.05) is 17.0 Å². The molecule has 0 aliphatic heterocycles.